The van der Waals surface area contributed by atoms with Gasteiger partial charge in [-0.25, -0.2) is 4.79 Å². The van der Waals surface area contributed by atoms with Gasteiger partial charge in [-0.05, 0) is 12.1 Å². The Morgan fingerprint density at radius 1 is 1.40 bits per heavy atom. The van der Waals surface area contributed by atoms with Crippen LogP contribution in [0.2, 0.25) is 0 Å². The van der Waals surface area contributed by atoms with Crippen LogP contribution >= 0.6 is 0 Å². The topological polar surface area (TPSA) is 81.0 Å². The minimum atomic E-state index is -2.29. The fraction of sp³-hybridized carbons (Fsp3) is 0.300. The smallest absolute Gasteiger partial charge is 0.359 e. The first kappa shape index (κ1) is 11.5. The number of anilines is 1. The molecule has 0 spiro atoms. The second-order valence-electron chi connectivity index (χ2n) is 3.17. The Labute approximate surface area is 87.2 Å². The maximum absolute atomic E-state index is 10.8. The van der Waals surface area contributed by atoms with Gasteiger partial charge in [0.05, 0.1) is 0 Å². The highest BCUT2D eigenvalue weighted by Gasteiger charge is 2.40. The summed E-state index contributed by atoms with van der Waals surface area (Å²) in [4.78, 5) is 11.9. The fourth-order valence-corrected chi connectivity index (χ4v) is 1.18. The number of aliphatic carboxylic acids is 1. The first-order valence-corrected chi connectivity index (χ1v) is 4.38. The summed E-state index contributed by atoms with van der Waals surface area (Å²) < 4.78 is 0. The van der Waals surface area contributed by atoms with Gasteiger partial charge in [0.1, 0.15) is 6.61 Å². The number of para-hydroxylation sites is 1. The molecule has 82 valence electrons. The molecule has 0 bridgehead atoms. The second-order valence-corrected chi connectivity index (χ2v) is 3.17. The lowest BCUT2D eigenvalue weighted by atomic mass is 10.2. The molecule has 5 heteroatoms. The van der Waals surface area contributed by atoms with Gasteiger partial charge in [-0.3, -0.25) is 0 Å². The van der Waals surface area contributed by atoms with E-state index in [2.05, 4.69) is 0 Å². The first-order chi connectivity index (χ1) is 7.02. The number of rotatable bonds is 4. The molecule has 0 aliphatic heterocycles. The molecule has 1 aromatic carbocycles. The van der Waals surface area contributed by atoms with Crippen molar-refractivity contribution in [1.82, 2.24) is 0 Å². The lowest BCUT2D eigenvalue weighted by Crippen LogP contribution is -2.56. The Bertz CT molecular complexity index is 341. The lowest BCUT2D eigenvalue weighted by Gasteiger charge is -2.33. The van der Waals surface area contributed by atoms with E-state index in [1.807, 2.05) is 0 Å². The summed E-state index contributed by atoms with van der Waals surface area (Å²) in [5.74, 6) is -1.49. The SMILES string of the molecule is CN(c1ccccc1)C(O)(CO)C(=O)O. The molecule has 0 heterocycles. The Morgan fingerprint density at radius 2 is 1.93 bits per heavy atom. The van der Waals surface area contributed by atoms with Gasteiger partial charge < -0.3 is 20.2 Å². The van der Waals surface area contributed by atoms with Crippen LogP contribution in [-0.4, -0.2) is 40.7 Å². The predicted octanol–water partition coefficient (Wildman–Crippen LogP) is -0.112. The van der Waals surface area contributed by atoms with E-state index in [0.717, 1.165) is 4.90 Å². The van der Waals surface area contributed by atoms with Crippen LogP contribution in [0.4, 0.5) is 5.69 Å². The molecule has 0 amide bonds. The molecule has 1 aromatic rings. The maximum Gasteiger partial charge on any atom is 0.359 e. The highest BCUT2D eigenvalue weighted by atomic mass is 16.4. The zero-order chi connectivity index (χ0) is 11.5. The minimum Gasteiger partial charge on any atom is -0.478 e. The monoisotopic (exact) mass is 211 g/mol. The van der Waals surface area contributed by atoms with Crippen molar-refractivity contribution in [3.05, 3.63) is 30.3 Å². The third-order valence-corrected chi connectivity index (χ3v) is 2.26. The zero-order valence-electron chi connectivity index (χ0n) is 8.29. The largest absolute Gasteiger partial charge is 0.478 e. The molecule has 1 atom stereocenters. The standard InChI is InChI=1S/C10H13NO4/c1-11(8-5-3-2-4-6-8)10(15,7-12)9(13)14/h2-6,12,15H,7H2,1H3,(H,13,14). The van der Waals surface area contributed by atoms with Gasteiger partial charge in [0.2, 0.25) is 0 Å². The summed E-state index contributed by atoms with van der Waals surface area (Å²) in [6, 6.07) is 8.49. The number of likely N-dealkylation sites (N-methyl/N-ethyl adjacent to an activating group) is 1. The summed E-state index contributed by atoms with van der Waals surface area (Å²) in [6.45, 7) is -0.881. The highest BCUT2D eigenvalue weighted by Crippen LogP contribution is 2.20. The summed E-state index contributed by atoms with van der Waals surface area (Å²) in [7, 11) is 1.40. The number of nitrogens with zero attached hydrogens (tertiary/aromatic N) is 1. The van der Waals surface area contributed by atoms with Crippen LogP contribution in [0.15, 0.2) is 30.3 Å². The molecule has 5 nitrogen and oxygen atoms in total. The van der Waals surface area contributed by atoms with Crippen molar-refractivity contribution < 1.29 is 20.1 Å². The van der Waals surface area contributed by atoms with E-state index in [0.29, 0.717) is 5.69 Å². The quantitative estimate of drug-likeness (QED) is 0.605. The van der Waals surface area contributed by atoms with Gasteiger partial charge >= 0.3 is 5.97 Å². The normalized spacial score (nSPS) is 14.3. The van der Waals surface area contributed by atoms with Crippen molar-refractivity contribution in [2.24, 2.45) is 0 Å². The molecule has 0 saturated carbocycles. The van der Waals surface area contributed by atoms with Crippen molar-refractivity contribution in [3.8, 4) is 0 Å². The summed E-state index contributed by atoms with van der Waals surface area (Å²) in [5, 5.41) is 27.4. The number of carbonyl (C=O) groups is 1. The van der Waals surface area contributed by atoms with Gasteiger partial charge in [-0.1, -0.05) is 18.2 Å². The average molecular weight is 211 g/mol. The van der Waals surface area contributed by atoms with Crippen LogP contribution in [0, 0.1) is 0 Å². The first-order valence-electron chi connectivity index (χ1n) is 4.38. The lowest BCUT2D eigenvalue weighted by molar-refractivity contribution is -0.162. The molecule has 0 saturated heterocycles. The molecule has 0 radical (unpaired) electrons. The van der Waals surface area contributed by atoms with Crippen LogP contribution in [0.25, 0.3) is 0 Å². The van der Waals surface area contributed by atoms with E-state index >= 15 is 0 Å². The van der Waals surface area contributed by atoms with Crippen molar-refractivity contribution in [1.29, 1.82) is 0 Å². The molecule has 3 N–H and O–H groups in total. The maximum atomic E-state index is 10.8. The minimum absolute atomic E-state index is 0.511. The summed E-state index contributed by atoms with van der Waals surface area (Å²) >= 11 is 0. The van der Waals surface area contributed by atoms with E-state index in [9.17, 15) is 9.90 Å². The Hall–Kier alpha value is -1.59. The van der Waals surface area contributed by atoms with Gasteiger partial charge in [0.25, 0.3) is 5.72 Å². The predicted molar refractivity (Wildman–Crippen MR) is 54.5 cm³/mol. The Morgan fingerprint density at radius 3 is 2.33 bits per heavy atom. The van der Waals surface area contributed by atoms with Crippen molar-refractivity contribution in [2.75, 3.05) is 18.6 Å². The molecular weight excluding hydrogens is 198 g/mol. The zero-order valence-corrected chi connectivity index (χ0v) is 8.29. The van der Waals surface area contributed by atoms with Crippen LogP contribution < -0.4 is 4.90 Å². The van der Waals surface area contributed by atoms with E-state index < -0.39 is 18.3 Å². The van der Waals surface area contributed by atoms with Crippen LogP contribution in [0.3, 0.4) is 0 Å². The molecule has 0 aromatic heterocycles. The number of aliphatic hydroxyl groups excluding tert-OH is 1. The second kappa shape index (κ2) is 4.29. The van der Waals surface area contributed by atoms with Crippen LogP contribution in [0.5, 0.6) is 0 Å². The summed E-state index contributed by atoms with van der Waals surface area (Å²) in [6.07, 6.45) is 0. The van der Waals surface area contributed by atoms with E-state index in [1.54, 1.807) is 30.3 Å². The van der Waals surface area contributed by atoms with Gasteiger partial charge in [-0.2, -0.15) is 0 Å². The number of benzene rings is 1. The van der Waals surface area contributed by atoms with Crippen molar-refractivity contribution >= 4 is 11.7 Å². The average Bonchev–Trinajstić information content (AvgIpc) is 2.28. The molecule has 0 aliphatic rings. The molecule has 15 heavy (non-hydrogen) atoms. The molecule has 1 rings (SSSR count). The third-order valence-electron chi connectivity index (χ3n) is 2.26. The number of aliphatic hydroxyl groups is 2. The molecular formula is C10H13NO4. The number of carboxylic acid groups (broad SMARTS) is 1. The van der Waals surface area contributed by atoms with E-state index in [-0.39, 0.29) is 0 Å². The van der Waals surface area contributed by atoms with Gasteiger partial charge in [-0.15, -0.1) is 0 Å². The fourth-order valence-electron chi connectivity index (χ4n) is 1.18. The van der Waals surface area contributed by atoms with Gasteiger partial charge in [0.15, 0.2) is 0 Å². The summed E-state index contributed by atoms with van der Waals surface area (Å²) in [5.41, 5.74) is -1.78. The molecule has 0 aliphatic carbocycles. The van der Waals surface area contributed by atoms with Crippen LogP contribution in [0.1, 0.15) is 0 Å². The van der Waals surface area contributed by atoms with Crippen molar-refractivity contribution in [3.63, 3.8) is 0 Å². The van der Waals surface area contributed by atoms with Gasteiger partial charge in [0, 0.05) is 12.7 Å². The van der Waals surface area contributed by atoms with Crippen LogP contribution in [-0.2, 0) is 4.79 Å². The Kier molecular flexibility index (Phi) is 3.28. The number of hydrogen-bond acceptors (Lipinski definition) is 4. The molecule has 0 fully saturated rings. The molecule has 1 unspecified atom stereocenters. The number of carboxylic acids is 1. The Balaban J connectivity index is 3.02. The number of hydrogen-bond donors (Lipinski definition) is 3. The highest BCUT2D eigenvalue weighted by molar-refractivity contribution is 5.81. The third kappa shape index (κ3) is 2.08. The van der Waals surface area contributed by atoms with E-state index in [4.69, 9.17) is 10.2 Å². The van der Waals surface area contributed by atoms with E-state index in [1.165, 1.54) is 7.05 Å². The van der Waals surface area contributed by atoms with Crippen molar-refractivity contribution in [2.45, 2.75) is 5.72 Å².